The first-order chi connectivity index (χ1) is 16.2. The summed E-state index contributed by atoms with van der Waals surface area (Å²) in [7, 11) is 0. The van der Waals surface area contributed by atoms with Crippen LogP contribution >= 0.6 is 0 Å². The maximum atomic E-state index is 15.5. The van der Waals surface area contributed by atoms with E-state index in [9.17, 15) is 4.79 Å². The molecule has 0 aliphatic carbocycles. The lowest BCUT2D eigenvalue weighted by Gasteiger charge is -2.24. The topological polar surface area (TPSA) is 88.6 Å². The largest absolute Gasteiger partial charge is 0.383 e. The van der Waals surface area contributed by atoms with Crippen LogP contribution in [0.1, 0.15) is 28.5 Å². The minimum Gasteiger partial charge on any atom is -0.383 e. The van der Waals surface area contributed by atoms with Crippen LogP contribution in [0.25, 0.3) is 0 Å². The van der Waals surface area contributed by atoms with E-state index in [1.54, 1.807) is 0 Å². The van der Waals surface area contributed by atoms with Gasteiger partial charge in [0.2, 0.25) is 6.23 Å². The monoisotopic (exact) mass is 471 g/mol. The van der Waals surface area contributed by atoms with Crippen molar-refractivity contribution in [3.8, 4) is 0 Å². The fraction of sp³-hybridized carbons (Fsp3) is 0.360. The fourth-order valence-corrected chi connectivity index (χ4v) is 3.76. The zero-order valence-corrected chi connectivity index (χ0v) is 19.0. The minimum atomic E-state index is -3.52. The highest BCUT2D eigenvalue weighted by atomic mass is 19.3. The van der Waals surface area contributed by atoms with Crippen LogP contribution < -0.4 is 11.4 Å². The maximum absolute atomic E-state index is 15.5. The molecule has 1 aliphatic rings. The number of nitrogens with zero attached hydrogens (tertiary/aromatic N) is 2. The van der Waals surface area contributed by atoms with E-state index in [0.717, 1.165) is 33.0 Å². The first kappa shape index (κ1) is 24.0. The molecule has 7 nitrogen and oxygen atoms in total. The number of aromatic nitrogens is 2. The van der Waals surface area contributed by atoms with E-state index < -0.39 is 30.0 Å². The molecule has 34 heavy (non-hydrogen) atoms. The molecule has 1 fully saturated rings. The summed E-state index contributed by atoms with van der Waals surface area (Å²) >= 11 is 0. The summed E-state index contributed by atoms with van der Waals surface area (Å²) in [6.07, 6.45) is -3.50. The van der Waals surface area contributed by atoms with Gasteiger partial charge in [0.05, 0.1) is 19.8 Å². The second-order valence-corrected chi connectivity index (χ2v) is 8.46. The van der Waals surface area contributed by atoms with Gasteiger partial charge in [0, 0.05) is 6.20 Å². The van der Waals surface area contributed by atoms with E-state index in [-0.39, 0.29) is 25.6 Å². The number of ether oxygens (including phenoxy) is 3. The average Bonchev–Trinajstić information content (AvgIpc) is 3.04. The van der Waals surface area contributed by atoms with E-state index in [4.69, 9.17) is 19.9 Å². The van der Waals surface area contributed by atoms with Crippen LogP contribution in [0.5, 0.6) is 0 Å². The van der Waals surface area contributed by atoms with Gasteiger partial charge in [0.1, 0.15) is 11.9 Å². The number of benzene rings is 2. The molecular weight excluding hydrogens is 444 g/mol. The van der Waals surface area contributed by atoms with E-state index in [1.807, 2.05) is 62.4 Å². The standard InChI is InChI=1S/C25H27F2N3O4/c1-16-3-7-18(8-4-16)13-32-15-20-22(33-14-19-9-5-17(2)6-10-19)25(26,27)23(34-20)30-12-11-21(28)29-24(30)31/h3-12,20,22-23H,13-15H2,1-2H3,(H2,28,29,31)/t20-,22-,23-/m1/s1. The molecule has 0 amide bonds. The molecule has 1 saturated heterocycles. The maximum Gasteiger partial charge on any atom is 0.351 e. The number of anilines is 1. The van der Waals surface area contributed by atoms with Gasteiger partial charge in [-0.05, 0) is 31.0 Å². The Labute approximate surface area is 196 Å². The third-order valence-corrected chi connectivity index (χ3v) is 5.68. The first-order valence-electron chi connectivity index (χ1n) is 10.9. The van der Waals surface area contributed by atoms with Gasteiger partial charge in [-0.15, -0.1) is 0 Å². The predicted octanol–water partition coefficient (Wildman–Crippen LogP) is 3.78. The van der Waals surface area contributed by atoms with Gasteiger partial charge in [-0.3, -0.25) is 4.57 Å². The normalized spacial score (nSPS) is 21.6. The fourth-order valence-electron chi connectivity index (χ4n) is 3.76. The van der Waals surface area contributed by atoms with E-state index in [2.05, 4.69) is 4.98 Å². The minimum absolute atomic E-state index is 0.0417. The quantitative estimate of drug-likeness (QED) is 0.538. The first-order valence-corrected chi connectivity index (χ1v) is 10.9. The summed E-state index contributed by atoms with van der Waals surface area (Å²) in [5.41, 5.74) is 8.39. The molecule has 0 saturated carbocycles. The summed E-state index contributed by atoms with van der Waals surface area (Å²) in [5.74, 6) is -3.59. The molecule has 0 unspecified atom stereocenters. The van der Waals surface area contributed by atoms with Crippen LogP contribution in [0.2, 0.25) is 0 Å². The molecular formula is C25H27F2N3O4. The Morgan fingerprint density at radius 2 is 1.59 bits per heavy atom. The smallest absolute Gasteiger partial charge is 0.351 e. The average molecular weight is 472 g/mol. The van der Waals surface area contributed by atoms with Crippen molar-refractivity contribution in [3.63, 3.8) is 0 Å². The van der Waals surface area contributed by atoms with Crippen LogP contribution in [0.4, 0.5) is 14.6 Å². The Balaban J connectivity index is 1.53. The zero-order valence-electron chi connectivity index (χ0n) is 19.0. The Kier molecular flexibility index (Phi) is 7.06. The number of hydrogen-bond donors (Lipinski definition) is 1. The van der Waals surface area contributed by atoms with Crippen LogP contribution in [-0.2, 0) is 27.4 Å². The molecule has 0 radical (unpaired) electrons. The Morgan fingerprint density at radius 1 is 1.00 bits per heavy atom. The molecule has 0 spiro atoms. The Morgan fingerprint density at radius 3 is 2.18 bits per heavy atom. The van der Waals surface area contributed by atoms with Crippen molar-refractivity contribution < 1.29 is 23.0 Å². The Hall–Kier alpha value is -3.14. The number of nitrogen functional groups attached to an aromatic ring is 1. The van der Waals surface area contributed by atoms with Gasteiger partial charge < -0.3 is 19.9 Å². The molecule has 4 rings (SSSR count). The second-order valence-electron chi connectivity index (χ2n) is 8.46. The van der Waals surface area contributed by atoms with Crippen molar-refractivity contribution in [2.24, 2.45) is 0 Å². The second kappa shape index (κ2) is 10.0. The van der Waals surface area contributed by atoms with Gasteiger partial charge in [-0.25, -0.2) is 4.79 Å². The summed E-state index contributed by atoms with van der Waals surface area (Å²) in [6.45, 7) is 3.96. The molecule has 1 aromatic heterocycles. The Bertz CT molecular complexity index is 1170. The van der Waals surface area contributed by atoms with Crippen molar-refractivity contribution in [1.82, 2.24) is 9.55 Å². The molecule has 2 heterocycles. The number of rotatable bonds is 8. The van der Waals surface area contributed by atoms with E-state index in [1.165, 1.54) is 6.07 Å². The highest BCUT2D eigenvalue weighted by Crippen LogP contribution is 2.44. The lowest BCUT2D eigenvalue weighted by molar-refractivity contribution is -0.157. The highest BCUT2D eigenvalue weighted by Gasteiger charge is 2.61. The molecule has 9 heteroatoms. The summed E-state index contributed by atoms with van der Waals surface area (Å²) in [5, 5.41) is 0. The third kappa shape index (κ3) is 5.32. The highest BCUT2D eigenvalue weighted by molar-refractivity contribution is 5.24. The molecule has 2 N–H and O–H groups in total. The van der Waals surface area contributed by atoms with Gasteiger partial charge in [-0.2, -0.15) is 13.8 Å². The van der Waals surface area contributed by atoms with Crippen LogP contribution in [0.3, 0.4) is 0 Å². The van der Waals surface area contributed by atoms with Crippen molar-refractivity contribution in [2.45, 2.75) is 51.4 Å². The van der Waals surface area contributed by atoms with Gasteiger partial charge >= 0.3 is 11.6 Å². The predicted molar refractivity (Wildman–Crippen MR) is 122 cm³/mol. The van der Waals surface area contributed by atoms with E-state index >= 15 is 8.78 Å². The number of aryl methyl sites for hydroxylation is 2. The van der Waals surface area contributed by atoms with Crippen molar-refractivity contribution >= 4 is 5.82 Å². The molecule has 3 atom stereocenters. The third-order valence-electron chi connectivity index (χ3n) is 5.68. The number of hydrogen-bond acceptors (Lipinski definition) is 6. The van der Waals surface area contributed by atoms with Gasteiger partial charge in [0.15, 0.2) is 6.10 Å². The van der Waals surface area contributed by atoms with E-state index in [0.29, 0.717) is 0 Å². The summed E-state index contributed by atoms with van der Waals surface area (Å²) < 4.78 is 48.8. The zero-order chi connectivity index (χ0) is 24.3. The summed E-state index contributed by atoms with van der Waals surface area (Å²) in [4.78, 5) is 15.8. The van der Waals surface area contributed by atoms with Crippen molar-refractivity contribution in [3.05, 3.63) is 93.5 Å². The number of halogens is 2. The van der Waals surface area contributed by atoms with Crippen LogP contribution in [0, 0.1) is 13.8 Å². The lowest BCUT2D eigenvalue weighted by Crippen LogP contribution is -2.43. The molecule has 2 aromatic carbocycles. The molecule has 0 bridgehead atoms. The molecule has 180 valence electrons. The van der Waals surface area contributed by atoms with Gasteiger partial charge in [0.25, 0.3) is 0 Å². The molecule has 3 aromatic rings. The van der Waals surface area contributed by atoms with Crippen molar-refractivity contribution in [1.29, 1.82) is 0 Å². The van der Waals surface area contributed by atoms with Crippen molar-refractivity contribution in [2.75, 3.05) is 12.3 Å². The lowest BCUT2D eigenvalue weighted by atomic mass is 10.1. The van der Waals surface area contributed by atoms with Crippen LogP contribution in [0.15, 0.2) is 65.6 Å². The molecule has 1 aliphatic heterocycles. The number of alkyl halides is 2. The SMILES string of the molecule is Cc1ccc(COC[C@H]2O[C@@H](n3ccc(N)nc3=O)C(F)(F)[C@@H]2OCc2ccc(C)cc2)cc1. The van der Waals surface area contributed by atoms with Gasteiger partial charge in [-0.1, -0.05) is 59.7 Å². The van der Waals surface area contributed by atoms with Crippen LogP contribution in [-0.4, -0.2) is 34.3 Å². The number of nitrogens with two attached hydrogens (primary N) is 1. The summed E-state index contributed by atoms with van der Waals surface area (Å²) in [6, 6.07) is 16.4.